The van der Waals surface area contributed by atoms with Crippen molar-refractivity contribution in [2.45, 2.75) is 90.1 Å². The van der Waals surface area contributed by atoms with E-state index >= 15 is 0 Å². The third kappa shape index (κ3) is 6.99. The molecule has 1 aromatic carbocycles. The average Bonchev–Trinajstić information content (AvgIpc) is 2.68. The maximum Gasteiger partial charge on any atom is 0.303 e. The van der Waals surface area contributed by atoms with Gasteiger partial charge in [0.15, 0.2) is 20.7 Å². The molecule has 0 aliphatic carbocycles. The van der Waals surface area contributed by atoms with Crippen LogP contribution in [0.4, 0.5) is 0 Å². The summed E-state index contributed by atoms with van der Waals surface area (Å²) in [6.45, 7) is 18.5. The maximum atomic E-state index is 11.9. The van der Waals surface area contributed by atoms with Gasteiger partial charge in [-0.15, -0.1) is 6.58 Å². The van der Waals surface area contributed by atoms with Gasteiger partial charge in [-0.1, -0.05) is 57.2 Å². The molecule has 2 unspecified atom stereocenters. The normalized spacial score (nSPS) is 27.0. The number of carbonyl (C=O) groups excluding carboxylic acids is 1. The lowest BCUT2D eigenvalue weighted by Crippen LogP contribution is -2.63. The quantitative estimate of drug-likeness (QED) is 0.305. The van der Waals surface area contributed by atoms with Gasteiger partial charge in [0.25, 0.3) is 0 Å². The van der Waals surface area contributed by atoms with E-state index in [1.807, 2.05) is 37.3 Å². The fourth-order valence-corrected chi connectivity index (χ4v) is 4.50. The van der Waals surface area contributed by atoms with Crippen molar-refractivity contribution in [3.8, 4) is 0 Å². The van der Waals surface area contributed by atoms with Crippen LogP contribution < -0.4 is 0 Å². The largest absolute Gasteiger partial charge is 0.457 e. The molecule has 31 heavy (non-hydrogen) atoms. The second kappa shape index (κ2) is 10.9. The molecule has 1 saturated heterocycles. The first-order chi connectivity index (χ1) is 14.5. The summed E-state index contributed by atoms with van der Waals surface area (Å²) in [5.74, 6) is -0.384. The summed E-state index contributed by atoms with van der Waals surface area (Å²) >= 11 is 0. The SMILES string of the molecule is C=CCO[C@H]1O[C@H](C)[C@H](OC(C)=O)C(OCc2ccccc2)C1O[Si](C)(C)C(C)(C)C. The Labute approximate surface area is 188 Å². The summed E-state index contributed by atoms with van der Waals surface area (Å²) < 4.78 is 30.9. The van der Waals surface area contributed by atoms with Gasteiger partial charge < -0.3 is 23.4 Å². The van der Waals surface area contributed by atoms with Crippen molar-refractivity contribution in [1.29, 1.82) is 0 Å². The van der Waals surface area contributed by atoms with E-state index < -0.39 is 39.0 Å². The van der Waals surface area contributed by atoms with Crippen LogP contribution in [0.1, 0.15) is 40.2 Å². The summed E-state index contributed by atoms with van der Waals surface area (Å²) in [5, 5.41) is -0.0278. The molecule has 2 rings (SSSR count). The van der Waals surface area contributed by atoms with Gasteiger partial charge in [-0.3, -0.25) is 4.79 Å². The number of hydrogen-bond acceptors (Lipinski definition) is 6. The van der Waals surface area contributed by atoms with Gasteiger partial charge in [-0.05, 0) is 30.6 Å². The van der Waals surface area contributed by atoms with Crippen molar-refractivity contribution in [1.82, 2.24) is 0 Å². The van der Waals surface area contributed by atoms with Crippen molar-refractivity contribution in [3.63, 3.8) is 0 Å². The number of carbonyl (C=O) groups is 1. The van der Waals surface area contributed by atoms with E-state index in [0.29, 0.717) is 13.2 Å². The Bertz CT molecular complexity index is 715. The molecule has 1 heterocycles. The number of ether oxygens (including phenoxy) is 4. The van der Waals surface area contributed by atoms with Gasteiger partial charge in [0.05, 0.1) is 19.3 Å². The Morgan fingerprint density at radius 1 is 1.13 bits per heavy atom. The highest BCUT2D eigenvalue weighted by molar-refractivity contribution is 6.74. The average molecular weight is 451 g/mol. The molecule has 6 nitrogen and oxygen atoms in total. The molecule has 0 bridgehead atoms. The second-order valence-corrected chi connectivity index (χ2v) is 14.3. The summed E-state index contributed by atoms with van der Waals surface area (Å²) in [6, 6.07) is 9.89. The zero-order valence-corrected chi connectivity index (χ0v) is 20.9. The van der Waals surface area contributed by atoms with Crippen molar-refractivity contribution in [2.75, 3.05) is 6.61 Å². The van der Waals surface area contributed by atoms with Crippen LogP contribution in [0.15, 0.2) is 43.0 Å². The molecule has 0 radical (unpaired) electrons. The lowest BCUT2D eigenvalue weighted by molar-refractivity contribution is -0.298. The molecule has 0 spiro atoms. The number of rotatable bonds is 9. The first kappa shape index (κ1) is 25.7. The lowest BCUT2D eigenvalue weighted by Gasteiger charge is -2.48. The number of esters is 1. The van der Waals surface area contributed by atoms with E-state index in [2.05, 4.69) is 40.4 Å². The molecular weight excluding hydrogens is 412 g/mol. The minimum Gasteiger partial charge on any atom is -0.457 e. The molecule has 1 aliphatic rings. The van der Waals surface area contributed by atoms with Gasteiger partial charge in [0.2, 0.25) is 0 Å². The summed E-state index contributed by atoms with van der Waals surface area (Å²) in [7, 11) is -2.22. The maximum absolute atomic E-state index is 11.9. The predicted octanol–water partition coefficient (Wildman–Crippen LogP) is 4.84. The molecule has 0 N–H and O–H groups in total. The van der Waals surface area contributed by atoms with Crippen molar-refractivity contribution in [3.05, 3.63) is 48.6 Å². The highest BCUT2D eigenvalue weighted by atomic mass is 28.4. The topological polar surface area (TPSA) is 63.2 Å². The first-order valence-electron chi connectivity index (χ1n) is 10.8. The Hall–Kier alpha value is -1.51. The zero-order chi connectivity index (χ0) is 23.2. The van der Waals surface area contributed by atoms with Gasteiger partial charge >= 0.3 is 5.97 Å². The molecule has 174 valence electrons. The van der Waals surface area contributed by atoms with Gasteiger partial charge in [-0.2, -0.15) is 0 Å². The molecule has 7 heteroatoms. The summed E-state index contributed by atoms with van der Waals surface area (Å²) in [5.41, 5.74) is 1.03. The van der Waals surface area contributed by atoms with Gasteiger partial charge in [0.1, 0.15) is 12.2 Å². The molecule has 1 fully saturated rings. The van der Waals surface area contributed by atoms with Gasteiger partial charge in [0, 0.05) is 6.92 Å². The van der Waals surface area contributed by atoms with Crippen LogP contribution in [0.5, 0.6) is 0 Å². The monoisotopic (exact) mass is 450 g/mol. The van der Waals surface area contributed by atoms with Crippen LogP contribution in [0.2, 0.25) is 18.1 Å². The Morgan fingerprint density at radius 3 is 2.32 bits per heavy atom. The first-order valence-corrected chi connectivity index (χ1v) is 13.8. The third-order valence-electron chi connectivity index (χ3n) is 5.93. The Kier molecular flexibility index (Phi) is 9.03. The lowest BCUT2D eigenvalue weighted by atomic mass is 9.99. The van der Waals surface area contributed by atoms with Crippen LogP contribution in [0.25, 0.3) is 0 Å². The summed E-state index contributed by atoms with van der Waals surface area (Å²) in [4.78, 5) is 11.9. The molecule has 0 amide bonds. The zero-order valence-electron chi connectivity index (χ0n) is 19.9. The van der Waals surface area contributed by atoms with E-state index in [-0.39, 0.29) is 11.0 Å². The summed E-state index contributed by atoms with van der Waals surface area (Å²) in [6.07, 6.45) is -1.11. The Morgan fingerprint density at radius 2 is 1.77 bits per heavy atom. The Balaban J connectivity index is 2.38. The highest BCUT2D eigenvalue weighted by Crippen LogP contribution is 2.40. The minimum absolute atomic E-state index is 0.0278. The van der Waals surface area contributed by atoms with Crippen LogP contribution in [0.3, 0.4) is 0 Å². The minimum atomic E-state index is -2.22. The van der Waals surface area contributed by atoms with Crippen molar-refractivity contribution < 1.29 is 28.2 Å². The van der Waals surface area contributed by atoms with E-state index in [9.17, 15) is 4.79 Å². The molecule has 5 atom stereocenters. The predicted molar refractivity (Wildman–Crippen MR) is 123 cm³/mol. The fourth-order valence-electron chi connectivity index (χ4n) is 3.22. The van der Waals surface area contributed by atoms with Gasteiger partial charge in [-0.25, -0.2) is 0 Å². The van der Waals surface area contributed by atoms with E-state index in [0.717, 1.165) is 5.56 Å². The molecule has 0 aromatic heterocycles. The fraction of sp³-hybridized carbons (Fsp3) is 0.625. The standard InChI is InChI=1S/C24H38O6Si/c1-9-15-26-23-22(30-31(7,8)24(4,5)6)21(20(17(2)28-23)29-18(3)25)27-16-19-13-11-10-12-14-19/h9-14,17,20-23H,1,15-16H2,2-8H3/t17-,20+,21?,22?,23+/m1/s1. The second-order valence-electron chi connectivity index (χ2n) is 9.51. The van der Waals surface area contributed by atoms with Crippen LogP contribution >= 0.6 is 0 Å². The molecule has 1 aromatic rings. The molecule has 1 aliphatic heterocycles. The van der Waals surface area contributed by atoms with Crippen LogP contribution in [-0.4, -0.2) is 51.6 Å². The third-order valence-corrected chi connectivity index (χ3v) is 10.4. The smallest absolute Gasteiger partial charge is 0.303 e. The van der Waals surface area contributed by atoms with Crippen LogP contribution in [0, 0.1) is 0 Å². The van der Waals surface area contributed by atoms with E-state index in [4.69, 9.17) is 23.4 Å². The molecular formula is C24H38O6Si. The van der Waals surface area contributed by atoms with E-state index in [1.165, 1.54) is 6.92 Å². The number of benzene rings is 1. The van der Waals surface area contributed by atoms with E-state index in [1.54, 1.807) is 6.08 Å². The molecule has 0 saturated carbocycles. The van der Waals surface area contributed by atoms with Crippen LogP contribution in [-0.2, 0) is 34.8 Å². The van der Waals surface area contributed by atoms with Crippen molar-refractivity contribution >= 4 is 14.3 Å². The number of hydrogen-bond donors (Lipinski definition) is 0. The highest BCUT2D eigenvalue weighted by Gasteiger charge is 2.52. The van der Waals surface area contributed by atoms with Crippen molar-refractivity contribution in [2.24, 2.45) is 0 Å².